The third-order valence-corrected chi connectivity index (χ3v) is 5.80. The monoisotopic (exact) mass is 458 g/mol. The Hall–Kier alpha value is -3.60. The minimum atomic E-state index is -0.598. The Morgan fingerprint density at radius 3 is 2.06 bits per heavy atom. The highest BCUT2D eigenvalue weighted by Gasteiger charge is 2.30. The van der Waals surface area contributed by atoms with Gasteiger partial charge in [0.15, 0.2) is 0 Å². The highest BCUT2D eigenvalue weighted by molar-refractivity contribution is 5.88. The van der Waals surface area contributed by atoms with Crippen LogP contribution < -0.4 is 10.1 Å². The largest absolute Gasteiger partial charge is 0.497 e. The molecule has 0 heterocycles. The molecule has 2 amide bonds. The summed E-state index contributed by atoms with van der Waals surface area (Å²) in [5.74, 6) is 0.603. The number of hydrogen-bond acceptors (Lipinski definition) is 3. The van der Waals surface area contributed by atoms with E-state index >= 15 is 0 Å². The molecule has 0 spiro atoms. The Balaban J connectivity index is 1.88. The van der Waals surface area contributed by atoms with E-state index < -0.39 is 6.04 Å². The lowest BCUT2D eigenvalue weighted by Gasteiger charge is -2.31. The smallest absolute Gasteiger partial charge is 0.243 e. The lowest BCUT2D eigenvalue weighted by Crippen LogP contribution is -2.50. The van der Waals surface area contributed by atoms with Crippen LogP contribution in [-0.4, -0.2) is 36.4 Å². The van der Waals surface area contributed by atoms with Crippen LogP contribution in [0.25, 0.3) is 0 Å². The third-order valence-electron chi connectivity index (χ3n) is 5.80. The van der Waals surface area contributed by atoms with Crippen LogP contribution in [0.4, 0.5) is 0 Å². The summed E-state index contributed by atoms with van der Waals surface area (Å²) in [6.45, 7) is 2.96. The summed E-state index contributed by atoms with van der Waals surface area (Å²) in [5.41, 5.74) is 3.08. The second kappa shape index (κ2) is 13.2. The van der Waals surface area contributed by atoms with Gasteiger partial charge in [0.25, 0.3) is 0 Å². The van der Waals surface area contributed by atoms with Crippen molar-refractivity contribution < 1.29 is 14.3 Å². The zero-order chi connectivity index (χ0) is 24.2. The van der Waals surface area contributed by atoms with Crippen LogP contribution in [0.2, 0.25) is 0 Å². The van der Waals surface area contributed by atoms with E-state index in [1.165, 1.54) is 0 Å². The fourth-order valence-corrected chi connectivity index (χ4v) is 3.89. The van der Waals surface area contributed by atoms with Crippen molar-refractivity contribution in [1.29, 1.82) is 0 Å². The second-order valence-corrected chi connectivity index (χ2v) is 8.35. The van der Waals surface area contributed by atoms with Gasteiger partial charge in [0.2, 0.25) is 11.8 Å². The SMILES string of the molecule is CCCNC(=O)[C@H](Cc1ccccc1)N(Cc1ccc(OC)cc1)C(=O)CCc1ccccc1. The molecule has 0 aliphatic rings. The summed E-state index contributed by atoms with van der Waals surface area (Å²) in [5, 5.41) is 3.01. The molecule has 3 rings (SSSR count). The van der Waals surface area contributed by atoms with Gasteiger partial charge >= 0.3 is 0 Å². The van der Waals surface area contributed by atoms with E-state index in [-0.39, 0.29) is 11.8 Å². The van der Waals surface area contributed by atoms with Crippen molar-refractivity contribution >= 4 is 11.8 Å². The predicted octanol–water partition coefficient (Wildman–Crippen LogP) is 4.79. The maximum Gasteiger partial charge on any atom is 0.243 e. The van der Waals surface area contributed by atoms with E-state index in [1.807, 2.05) is 91.9 Å². The molecule has 3 aromatic rings. The van der Waals surface area contributed by atoms with Gasteiger partial charge in [-0.25, -0.2) is 0 Å². The van der Waals surface area contributed by atoms with Gasteiger partial charge in [-0.05, 0) is 41.7 Å². The number of rotatable bonds is 12. The van der Waals surface area contributed by atoms with Crippen molar-refractivity contribution in [2.24, 2.45) is 0 Å². The Labute approximate surface area is 202 Å². The number of carbonyl (C=O) groups excluding carboxylic acids is 2. The Morgan fingerprint density at radius 2 is 1.47 bits per heavy atom. The highest BCUT2D eigenvalue weighted by Crippen LogP contribution is 2.19. The molecular formula is C29H34N2O3. The van der Waals surface area contributed by atoms with E-state index in [0.29, 0.717) is 32.4 Å². The first-order valence-electron chi connectivity index (χ1n) is 11.9. The zero-order valence-corrected chi connectivity index (χ0v) is 20.1. The zero-order valence-electron chi connectivity index (χ0n) is 20.1. The number of amides is 2. The maximum atomic E-state index is 13.6. The summed E-state index contributed by atoms with van der Waals surface area (Å²) in [7, 11) is 1.63. The molecule has 34 heavy (non-hydrogen) atoms. The van der Waals surface area contributed by atoms with Crippen LogP contribution in [0.15, 0.2) is 84.9 Å². The van der Waals surface area contributed by atoms with Crippen LogP contribution in [-0.2, 0) is 29.0 Å². The lowest BCUT2D eigenvalue weighted by molar-refractivity contribution is -0.141. The second-order valence-electron chi connectivity index (χ2n) is 8.35. The van der Waals surface area contributed by atoms with Crippen LogP contribution in [0.3, 0.4) is 0 Å². The molecule has 178 valence electrons. The fraction of sp³-hybridized carbons (Fsp3) is 0.310. The van der Waals surface area contributed by atoms with E-state index in [2.05, 4.69) is 5.32 Å². The third kappa shape index (κ3) is 7.48. The van der Waals surface area contributed by atoms with Gasteiger partial charge in [0.1, 0.15) is 11.8 Å². The van der Waals surface area contributed by atoms with Gasteiger partial charge in [-0.3, -0.25) is 9.59 Å². The first kappa shape index (κ1) is 25.0. The summed E-state index contributed by atoms with van der Waals surface area (Å²) in [6.07, 6.45) is 2.27. The highest BCUT2D eigenvalue weighted by atomic mass is 16.5. The normalized spacial score (nSPS) is 11.5. The topological polar surface area (TPSA) is 58.6 Å². The number of nitrogens with one attached hydrogen (secondary N) is 1. The molecule has 1 atom stereocenters. The minimum Gasteiger partial charge on any atom is -0.497 e. The van der Waals surface area contributed by atoms with Crippen LogP contribution in [0.5, 0.6) is 5.75 Å². The molecule has 1 N–H and O–H groups in total. The summed E-state index contributed by atoms with van der Waals surface area (Å²) in [6, 6.07) is 26.9. The minimum absolute atomic E-state index is 0.0350. The number of benzene rings is 3. The summed E-state index contributed by atoms with van der Waals surface area (Å²) >= 11 is 0. The number of ether oxygens (including phenoxy) is 1. The van der Waals surface area contributed by atoms with Gasteiger partial charge in [-0.2, -0.15) is 0 Å². The number of nitrogens with zero attached hydrogens (tertiary/aromatic N) is 1. The standard InChI is InChI=1S/C29H34N2O3/c1-3-20-30-29(33)27(21-24-12-8-5-9-13-24)31(22-25-14-17-26(34-2)18-15-25)28(32)19-16-23-10-6-4-7-11-23/h4-15,17-18,27H,3,16,19-22H2,1-2H3,(H,30,33)/t27-/m0/s1. The number of carbonyl (C=O) groups is 2. The van der Waals surface area contributed by atoms with Crippen molar-refractivity contribution in [3.05, 3.63) is 102 Å². The molecule has 0 bridgehead atoms. The molecule has 0 saturated heterocycles. The molecular weight excluding hydrogens is 424 g/mol. The summed E-state index contributed by atoms with van der Waals surface area (Å²) < 4.78 is 5.27. The van der Waals surface area contributed by atoms with E-state index in [4.69, 9.17) is 4.74 Å². The molecule has 0 aromatic heterocycles. The van der Waals surface area contributed by atoms with Crippen molar-refractivity contribution in [3.63, 3.8) is 0 Å². The predicted molar refractivity (Wildman–Crippen MR) is 136 cm³/mol. The van der Waals surface area contributed by atoms with Crippen molar-refractivity contribution in [1.82, 2.24) is 10.2 Å². The summed E-state index contributed by atoms with van der Waals surface area (Å²) in [4.78, 5) is 28.6. The van der Waals surface area contributed by atoms with Crippen molar-refractivity contribution in [3.8, 4) is 5.75 Å². The lowest BCUT2D eigenvalue weighted by atomic mass is 10.0. The Kier molecular flexibility index (Phi) is 9.71. The van der Waals surface area contributed by atoms with Gasteiger partial charge in [0, 0.05) is 25.9 Å². The van der Waals surface area contributed by atoms with Gasteiger partial charge in [-0.1, -0.05) is 79.7 Å². The molecule has 0 unspecified atom stereocenters. The van der Waals surface area contributed by atoms with E-state index in [9.17, 15) is 9.59 Å². The molecule has 0 fully saturated rings. The Morgan fingerprint density at radius 1 is 0.853 bits per heavy atom. The molecule has 0 saturated carbocycles. The average molecular weight is 459 g/mol. The number of aryl methyl sites for hydroxylation is 1. The average Bonchev–Trinajstić information content (AvgIpc) is 2.89. The first-order valence-corrected chi connectivity index (χ1v) is 11.9. The molecule has 0 radical (unpaired) electrons. The molecule has 0 aliphatic heterocycles. The van der Waals surface area contributed by atoms with Crippen molar-refractivity contribution in [2.75, 3.05) is 13.7 Å². The van der Waals surface area contributed by atoms with Crippen LogP contribution >= 0.6 is 0 Å². The molecule has 5 nitrogen and oxygen atoms in total. The quantitative estimate of drug-likeness (QED) is 0.424. The van der Waals surface area contributed by atoms with E-state index in [0.717, 1.165) is 28.9 Å². The van der Waals surface area contributed by atoms with Crippen LogP contribution in [0.1, 0.15) is 36.5 Å². The molecule has 3 aromatic carbocycles. The fourth-order valence-electron chi connectivity index (χ4n) is 3.89. The van der Waals surface area contributed by atoms with Gasteiger partial charge in [0.05, 0.1) is 7.11 Å². The maximum absolute atomic E-state index is 13.6. The first-order chi connectivity index (χ1) is 16.6. The number of hydrogen-bond donors (Lipinski definition) is 1. The van der Waals surface area contributed by atoms with Crippen molar-refractivity contribution in [2.45, 2.75) is 45.2 Å². The van der Waals surface area contributed by atoms with E-state index in [1.54, 1.807) is 12.0 Å². The van der Waals surface area contributed by atoms with Crippen LogP contribution in [0, 0.1) is 0 Å². The molecule has 5 heteroatoms. The Bertz CT molecular complexity index is 1020. The van der Waals surface area contributed by atoms with Gasteiger partial charge in [-0.15, -0.1) is 0 Å². The van der Waals surface area contributed by atoms with Gasteiger partial charge < -0.3 is 15.0 Å². The molecule has 0 aliphatic carbocycles. The number of methoxy groups -OCH3 is 1.